The predicted molar refractivity (Wildman–Crippen MR) is 110 cm³/mol. The molecule has 3 aromatic heterocycles. The molecule has 1 aliphatic heterocycles. The lowest BCUT2D eigenvalue weighted by Crippen LogP contribution is -2.39. The summed E-state index contributed by atoms with van der Waals surface area (Å²) in [5.74, 6) is 1.40. The van der Waals surface area contributed by atoms with E-state index in [0.717, 1.165) is 17.0 Å². The van der Waals surface area contributed by atoms with Gasteiger partial charge in [0.05, 0.1) is 12.5 Å². The number of aryl methyl sites for hydroxylation is 1. The summed E-state index contributed by atoms with van der Waals surface area (Å²) in [6.07, 6.45) is 7.43. The lowest BCUT2D eigenvalue weighted by Gasteiger charge is -2.34. The zero-order valence-electron chi connectivity index (χ0n) is 16.6. The maximum Gasteiger partial charge on any atom is 0.276 e. The monoisotopic (exact) mass is 399 g/mol. The summed E-state index contributed by atoms with van der Waals surface area (Å²) in [6, 6.07) is 13.9. The summed E-state index contributed by atoms with van der Waals surface area (Å²) < 4.78 is 7.24. The van der Waals surface area contributed by atoms with Crippen molar-refractivity contribution in [2.45, 2.75) is 25.9 Å². The van der Waals surface area contributed by atoms with E-state index in [-0.39, 0.29) is 11.8 Å². The van der Waals surface area contributed by atoms with Crippen LogP contribution in [-0.2, 0) is 13.1 Å². The zero-order chi connectivity index (χ0) is 20.5. The highest BCUT2D eigenvalue weighted by Crippen LogP contribution is 2.33. The first-order valence-electron chi connectivity index (χ1n) is 9.89. The van der Waals surface area contributed by atoms with E-state index >= 15 is 0 Å². The maximum atomic E-state index is 13.1. The largest absolute Gasteiger partial charge is 0.361 e. The molecular formula is C23H21N5O2. The highest BCUT2D eigenvalue weighted by molar-refractivity contribution is 5.92. The molecule has 0 saturated heterocycles. The molecule has 0 radical (unpaired) electrons. The topological polar surface area (TPSA) is 77.1 Å². The van der Waals surface area contributed by atoms with Crippen molar-refractivity contribution in [3.63, 3.8) is 0 Å². The number of rotatable bonds is 4. The SMILES string of the molecule is Cc1cc(C(=O)N2Cc3ccccc3C(c3nccn3Cc3cccnc3)C2)no1. The van der Waals surface area contributed by atoms with Gasteiger partial charge in [0.25, 0.3) is 5.91 Å². The fourth-order valence-corrected chi connectivity index (χ4v) is 4.06. The van der Waals surface area contributed by atoms with Crippen LogP contribution in [0.15, 0.2) is 71.8 Å². The Morgan fingerprint density at radius 2 is 2.10 bits per heavy atom. The minimum absolute atomic E-state index is 0.0291. The van der Waals surface area contributed by atoms with Crippen molar-refractivity contribution >= 4 is 5.91 Å². The summed E-state index contributed by atoms with van der Waals surface area (Å²) in [5, 5.41) is 3.91. The van der Waals surface area contributed by atoms with Crippen LogP contribution < -0.4 is 0 Å². The average Bonchev–Trinajstić information content (AvgIpc) is 3.42. The van der Waals surface area contributed by atoms with Crippen LogP contribution in [-0.4, -0.2) is 37.0 Å². The number of imidazole rings is 1. The normalized spacial score (nSPS) is 15.8. The van der Waals surface area contributed by atoms with Crippen LogP contribution in [0.5, 0.6) is 0 Å². The molecule has 0 N–H and O–H groups in total. The molecule has 4 aromatic rings. The first-order valence-corrected chi connectivity index (χ1v) is 9.89. The second kappa shape index (κ2) is 7.59. The van der Waals surface area contributed by atoms with Gasteiger partial charge in [0.1, 0.15) is 11.6 Å². The van der Waals surface area contributed by atoms with Crippen LogP contribution in [0, 0.1) is 6.92 Å². The Balaban J connectivity index is 1.50. The van der Waals surface area contributed by atoms with Gasteiger partial charge >= 0.3 is 0 Å². The Labute approximate surface area is 174 Å². The van der Waals surface area contributed by atoms with E-state index in [1.807, 2.05) is 47.8 Å². The standard InChI is InChI=1S/C23H21N5O2/c1-16-11-21(26-30-16)23(29)28-14-18-6-2-3-7-19(18)20(15-28)22-25-9-10-27(22)13-17-5-4-8-24-12-17/h2-12,20H,13-15H2,1H3. The van der Waals surface area contributed by atoms with Gasteiger partial charge in [0, 0.05) is 43.9 Å². The number of hydrogen-bond donors (Lipinski definition) is 0. The number of benzene rings is 1. The molecule has 7 heteroatoms. The van der Waals surface area contributed by atoms with Gasteiger partial charge in [-0.25, -0.2) is 4.98 Å². The van der Waals surface area contributed by atoms with Crippen LogP contribution >= 0.6 is 0 Å². The van der Waals surface area contributed by atoms with Gasteiger partial charge in [-0.2, -0.15) is 0 Å². The maximum absolute atomic E-state index is 13.1. The number of carbonyl (C=O) groups is 1. The third kappa shape index (κ3) is 3.39. The first kappa shape index (κ1) is 18.3. The summed E-state index contributed by atoms with van der Waals surface area (Å²) in [4.78, 5) is 23.8. The highest BCUT2D eigenvalue weighted by atomic mass is 16.5. The highest BCUT2D eigenvalue weighted by Gasteiger charge is 2.32. The zero-order valence-corrected chi connectivity index (χ0v) is 16.6. The number of pyridine rings is 1. The van der Waals surface area contributed by atoms with Crippen molar-refractivity contribution in [3.05, 3.63) is 101 Å². The van der Waals surface area contributed by atoms with E-state index in [1.165, 1.54) is 5.56 Å². The molecule has 1 amide bonds. The Morgan fingerprint density at radius 3 is 2.90 bits per heavy atom. The van der Waals surface area contributed by atoms with E-state index in [2.05, 4.69) is 31.8 Å². The van der Waals surface area contributed by atoms with Crippen molar-refractivity contribution in [2.24, 2.45) is 0 Å². The van der Waals surface area contributed by atoms with Crippen molar-refractivity contribution in [1.29, 1.82) is 0 Å². The molecule has 0 bridgehead atoms. The molecule has 4 heterocycles. The van der Waals surface area contributed by atoms with Crippen molar-refractivity contribution in [2.75, 3.05) is 6.54 Å². The van der Waals surface area contributed by atoms with E-state index in [4.69, 9.17) is 4.52 Å². The van der Waals surface area contributed by atoms with Crippen LogP contribution in [0.25, 0.3) is 0 Å². The average molecular weight is 399 g/mol. The van der Waals surface area contributed by atoms with E-state index < -0.39 is 0 Å². The van der Waals surface area contributed by atoms with Gasteiger partial charge in [-0.1, -0.05) is 35.5 Å². The minimum atomic E-state index is -0.128. The molecule has 0 spiro atoms. The van der Waals surface area contributed by atoms with Gasteiger partial charge in [-0.05, 0) is 29.7 Å². The summed E-state index contributed by atoms with van der Waals surface area (Å²) in [7, 11) is 0. The minimum Gasteiger partial charge on any atom is -0.361 e. The molecule has 150 valence electrons. The molecule has 1 aliphatic rings. The molecule has 1 unspecified atom stereocenters. The van der Waals surface area contributed by atoms with Crippen molar-refractivity contribution in [1.82, 2.24) is 24.6 Å². The molecule has 30 heavy (non-hydrogen) atoms. The molecule has 7 nitrogen and oxygen atoms in total. The molecule has 1 aromatic carbocycles. The Morgan fingerprint density at radius 1 is 1.20 bits per heavy atom. The number of carbonyl (C=O) groups excluding carboxylic acids is 1. The summed E-state index contributed by atoms with van der Waals surface area (Å²) >= 11 is 0. The Kier molecular flexibility index (Phi) is 4.63. The van der Waals surface area contributed by atoms with Crippen LogP contribution in [0.3, 0.4) is 0 Å². The molecule has 0 aliphatic carbocycles. The van der Waals surface area contributed by atoms with Crippen LogP contribution in [0.1, 0.15) is 44.7 Å². The lowest BCUT2D eigenvalue weighted by atomic mass is 9.88. The molecule has 0 saturated carbocycles. The lowest BCUT2D eigenvalue weighted by molar-refractivity contribution is 0.0712. The van der Waals surface area contributed by atoms with Gasteiger partial charge < -0.3 is 14.0 Å². The smallest absolute Gasteiger partial charge is 0.276 e. The third-order valence-electron chi connectivity index (χ3n) is 5.46. The third-order valence-corrected chi connectivity index (χ3v) is 5.46. The van der Waals surface area contributed by atoms with Crippen molar-refractivity contribution < 1.29 is 9.32 Å². The van der Waals surface area contributed by atoms with Crippen LogP contribution in [0.2, 0.25) is 0 Å². The fraction of sp³-hybridized carbons (Fsp3) is 0.217. The second-order valence-corrected chi connectivity index (χ2v) is 7.53. The molecule has 0 fully saturated rings. The van der Waals surface area contributed by atoms with E-state index in [0.29, 0.717) is 31.1 Å². The summed E-state index contributed by atoms with van der Waals surface area (Å²) in [5.41, 5.74) is 3.77. The van der Waals surface area contributed by atoms with Crippen LogP contribution in [0.4, 0.5) is 0 Å². The first-order chi connectivity index (χ1) is 14.7. The van der Waals surface area contributed by atoms with Gasteiger partial charge in [0.15, 0.2) is 5.69 Å². The number of fused-ring (bicyclic) bond motifs is 1. The second-order valence-electron chi connectivity index (χ2n) is 7.53. The molecule has 5 rings (SSSR count). The Bertz CT molecular complexity index is 1180. The predicted octanol–water partition coefficient (Wildman–Crippen LogP) is 3.41. The van der Waals surface area contributed by atoms with Crippen molar-refractivity contribution in [3.8, 4) is 0 Å². The number of nitrogens with zero attached hydrogens (tertiary/aromatic N) is 5. The quantitative estimate of drug-likeness (QED) is 0.526. The van der Waals surface area contributed by atoms with Gasteiger partial charge in [-0.3, -0.25) is 9.78 Å². The van der Waals surface area contributed by atoms with Gasteiger partial charge in [0.2, 0.25) is 0 Å². The Hall–Kier alpha value is -3.74. The van der Waals surface area contributed by atoms with E-state index in [9.17, 15) is 4.79 Å². The van der Waals surface area contributed by atoms with E-state index in [1.54, 1.807) is 19.2 Å². The fourth-order valence-electron chi connectivity index (χ4n) is 4.06. The summed E-state index contributed by atoms with van der Waals surface area (Å²) in [6.45, 7) is 3.54. The number of amides is 1. The number of hydrogen-bond acceptors (Lipinski definition) is 5. The van der Waals surface area contributed by atoms with Gasteiger partial charge in [-0.15, -0.1) is 0 Å². The molecular weight excluding hydrogens is 378 g/mol. The molecule has 1 atom stereocenters. The number of aromatic nitrogens is 4.